The number of aromatic nitrogens is 2. The predicted octanol–water partition coefficient (Wildman–Crippen LogP) is 6.57. The molecule has 0 aliphatic rings. The maximum atomic E-state index is 9.02. The summed E-state index contributed by atoms with van der Waals surface area (Å²) in [6.45, 7) is 10.2. The highest BCUT2D eigenvalue weighted by Gasteiger charge is 2.10. The fourth-order valence-electron chi connectivity index (χ4n) is 4.93. The SMILES string of the molecule is CCN(CCO)CCCC(C)Nc1ccnc2cc(Cl)ccc12.COc1cc(NC(C)CCCN)c2ncccc2c1. The first-order valence-corrected chi connectivity index (χ1v) is 15.3. The van der Waals surface area contributed by atoms with Crippen molar-refractivity contribution in [1.82, 2.24) is 14.9 Å². The van der Waals surface area contributed by atoms with Crippen molar-refractivity contribution in [2.24, 2.45) is 5.73 Å². The Morgan fingerprint density at radius 2 is 1.71 bits per heavy atom. The average Bonchev–Trinajstić information content (AvgIpc) is 2.99. The van der Waals surface area contributed by atoms with Gasteiger partial charge in [-0.3, -0.25) is 9.97 Å². The average molecular weight is 595 g/mol. The topological polar surface area (TPSA) is 109 Å². The molecule has 2 aromatic carbocycles. The molecule has 228 valence electrons. The van der Waals surface area contributed by atoms with Crippen molar-refractivity contribution >= 4 is 44.8 Å². The highest BCUT2D eigenvalue weighted by atomic mass is 35.5. The number of fused-ring (bicyclic) bond motifs is 2. The normalized spacial score (nSPS) is 12.6. The number of nitrogens with zero attached hydrogens (tertiary/aromatic N) is 3. The molecule has 2 unspecified atom stereocenters. The van der Waals surface area contributed by atoms with E-state index in [1.165, 1.54) is 0 Å². The number of hydrogen-bond acceptors (Lipinski definition) is 8. The summed E-state index contributed by atoms with van der Waals surface area (Å²) in [5, 5.41) is 19.0. The second-order valence-corrected chi connectivity index (χ2v) is 11.0. The van der Waals surface area contributed by atoms with Crippen LogP contribution in [0.25, 0.3) is 21.8 Å². The van der Waals surface area contributed by atoms with Gasteiger partial charge >= 0.3 is 0 Å². The lowest BCUT2D eigenvalue weighted by Crippen LogP contribution is -2.28. The summed E-state index contributed by atoms with van der Waals surface area (Å²) in [5.74, 6) is 0.842. The Bertz CT molecular complexity index is 1370. The number of anilines is 2. The van der Waals surface area contributed by atoms with Crippen LogP contribution >= 0.6 is 11.6 Å². The van der Waals surface area contributed by atoms with Crippen molar-refractivity contribution in [2.75, 3.05) is 50.5 Å². The molecule has 0 bridgehead atoms. The van der Waals surface area contributed by atoms with Gasteiger partial charge in [-0.2, -0.15) is 0 Å². The highest BCUT2D eigenvalue weighted by Crippen LogP contribution is 2.28. The summed E-state index contributed by atoms with van der Waals surface area (Å²) in [6, 6.07) is 16.5. The third kappa shape index (κ3) is 10.3. The molecule has 42 heavy (non-hydrogen) atoms. The van der Waals surface area contributed by atoms with Crippen molar-refractivity contribution in [3.05, 3.63) is 65.9 Å². The van der Waals surface area contributed by atoms with Gasteiger partial charge in [-0.25, -0.2) is 0 Å². The van der Waals surface area contributed by atoms with Gasteiger partial charge in [0, 0.05) is 58.6 Å². The van der Waals surface area contributed by atoms with E-state index in [1.54, 1.807) is 7.11 Å². The molecular formula is C33H47ClN6O2. The number of hydrogen-bond donors (Lipinski definition) is 4. The smallest absolute Gasteiger partial charge is 0.121 e. The van der Waals surface area contributed by atoms with Gasteiger partial charge in [0.25, 0.3) is 0 Å². The number of benzene rings is 2. The number of halogens is 1. The molecule has 0 saturated heterocycles. The zero-order valence-corrected chi connectivity index (χ0v) is 26.2. The summed E-state index contributed by atoms with van der Waals surface area (Å²) in [7, 11) is 1.68. The van der Waals surface area contributed by atoms with Crippen LogP contribution in [-0.2, 0) is 0 Å². The Hall–Kier alpha value is -3.17. The maximum Gasteiger partial charge on any atom is 0.121 e. The van der Waals surface area contributed by atoms with E-state index in [2.05, 4.69) is 46.3 Å². The summed E-state index contributed by atoms with van der Waals surface area (Å²) in [4.78, 5) is 11.1. The number of likely N-dealkylation sites (N-methyl/N-ethyl adjacent to an activating group) is 1. The fourth-order valence-corrected chi connectivity index (χ4v) is 5.10. The van der Waals surface area contributed by atoms with E-state index >= 15 is 0 Å². The molecule has 5 N–H and O–H groups in total. The van der Waals surface area contributed by atoms with Crippen molar-refractivity contribution in [3.63, 3.8) is 0 Å². The molecule has 0 amide bonds. The van der Waals surface area contributed by atoms with Crippen LogP contribution < -0.4 is 21.1 Å². The molecule has 4 aromatic rings. The number of aliphatic hydroxyl groups is 1. The molecule has 2 aromatic heterocycles. The highest BCUT2D eigenvalue weighted by molar-refractivity contribution is 6.31. The van der Waals surface area contributed by atoms with Crippen LogP contribution in [-0.4, -0.2) is 72.0 Å². The van der Waals surface area contributed by atoms with Crippen LogP contribution in [0.15, 0.2) is 60.9 Å². The van der Waals surface area contributed by atoms with Crippen LogP contribution in [0.3, 0.4) is 0 Å². The van der Waals surface area contributed by atoms with Gasteiger partial charge in [0.2, 0.25) is 0 Å². The summed E-state index contributed by atoms with van der Waals surface area (Å²) >= 11 is 6.03. The maximum absolute atomic E-state index is 9.02. The minimum Gasteiger partial charge on any atom is -0.497 e. The third-order valence-corrected chi connectivity index (χ3v) is 7.47. The van der Waals surface area contributed by atoms with E-state index in [-0.39, 0.29) is 6.61 Å². The van der Waals surface area contributed by atoms with Crippen molar-refractivity contribution in [3.8, 4) is 5.75 Å². The Morgan fingerprint density at radius 3 is 2.43 bits per heavy atom. The molecule has 9 heteroatoms. The van der Waals surface area contributed by atoms with E-state index in [9.17, 15) is 0 Å². The van der Waals surface area contributed by atoms with Gasteiger partial charge in [0.1, 0.15) is 5.75 Å². The molecular weight excluding hydrogens is 548 g/mol. The Labute approximate surface area is 255 Å². The lowest BCUT2D eigenvalue weighted by atomic mass is 10.1. The molecule has 0 spiro atoms. The summed E-state index contributed by atoms with van der Waals surface area (Å²) in [5.41, 5.74) is 9.55. The summed E-state index contributed by atoms with van der Waals surface area (Å²) in [6.07, 6.45) is 7.88. The van der Waals surface area contributed by atoms with Crippen LogP contribution in [0, 0.1) is 0 Å². The molecule has 8 nitrogen and oxygen atoms in total. The van der Waals surface area contributed by atoms with Crippen LogP contribution in [0.4, 0.5) is 11.4 Å². The molecule has 2 heterocycles. The first kappa shape index (κ1) is 33.3. The van der Waals surface area contributed by atoms with Crippen molar-refractivity contribution < 1.29 is 9.84 Å². The Balaban J connectivity index is 0.000000235. The standard InChI is InChI=1S/C18H26ClN3O.C15H21N3O/c1-3-22(11-12-23)10-4-5-14(2)21-17-8-9-20-18-13-15(19)6-7-16(17)18;1-11(5-3-7-16)18-14-10-13(19-2)9-12-6-4-8-17-15(12)14/h6-9,13-14,23H,3-5,10-12H2,1-2H3,(H,20,21);4,6,8-11,18H,3,5,7,16H2,1-2H3. The van der Waals surface area contributed by atoms with Crippen molar-refractivity contribution in [2.45, 2.75) is 58.5 Å². The molecule has 4 rings (SSSR count). The third-order valence-electron chi connectivity index (χ3n) is 7.24. The van der Waals surface area contributed by atoms with Gasteiger partial charge in [-0.05, 0) is 95.6 Å². The molecule has 2 atom stereocenters. The van der Waals surface area contributed by atoms with Gasteiger partial charge in [-0.1, -0.05) is 24.6 Å². The van der Waals surface area contributed by atoms with Crippen LogP contribution in [0.2, 0.25) is 5.02 Å². The lowest BCUT2D eigenvalue weighted by Gasteiger charge is -2.21. The molecule has 0 aliphatic carbocycles. The number of aliphatic hydroxyl groups excluding tert-OH is 1. The monoisotopic (exact) mass is 594 g/mol. The zero-order valence-electron chi connectivity index (χ0n) is 25.4. The molecule has 0 aliphatic heterocycles. The summed E-state index contributed by atoms with van der Waals surface area (Å²) < 4.78 is 5.34. The van der Waals surface area contributed by atoms with Crippen LogP contribution in [0.1, 0.15) is 46.5 Å². The first-order valence-electron chi connectivity index (χ1n) is 14.9. The van der Waals surface area contributed by atoms with E-state index in [0.717, 1.165) is 90.8 Å². The Morgan fingerprint density at radius 1 is 0.952 bits per heavy atom. The van der Waals surface area contributed by atoms with Gasteiger partial charge < -0.3 is 31.1 Å². The van der Waals surface area contributed by atoms with Gasteiger partial charge in [0.15, 0.2) is 0 Å². The fraction of sp³-hybridized carbons (Fsp3) is 0.455. The predicted molar refractivity (Wildman–Crippen MR) is 178 cm³/mol. The minimum absolute atomic E-state index is 0.229. The van der Waals surface area contributed by atoms with Gasteiger partial charge in [-0.15, -0.1) is 0 Å². The van der Waals surface area contributed by atoms with Crippen LogP contribution in [0.5, 0.6) is 5.75 Å². The first-order chi connectivity index (χ1) is 20.4. The second kappa shape index (κ2) is 17.7. The quantitative estimate of drug-likeness (QED) is 0.122. The number of rotatable bonds is 15. The molecule has 0 saturated carbocycles. The number of nitrogens with one attached hydrogen (secondary N) is 2. The van der Waals surface area contributed by atoms with Gasteiger partial charge in [0.05, 0.1) is 30.4 Å². The van der Waals surface area contributed by atoms with Crippen molar-refractivity contribution in [1.29, 1.82) is 0 Å². The van der Waals surface area contributed by atoms with E-state index in [4.69, 9.17) is 27.2 Å². The lowest BCUT2D eigenvalue weighted by molar-refractivity contribution is 0.199. The van der Waals surface area contributed by atoms with E-state index < -0.39 is 0 Å². The van der Waals surface area contributed by atoms with E-state index in [0.29, 0.717) is 17.1 Å². The molecule has 0 fully saturated rings. The minimum atomic E-state index is 0.229. The van der Waals surface area contributed by atoms with E-state index in [1.807, 2.05) is 60.9 Å². The number of pyridine rings is 2. The number of methoxy groups -OCH3 is 1. The Kier molecular flexibility index (Phi) is 14.1. The number of nitrogens with two attached hydrogens (primary N) is 1. The zero-order chi connectivity index (χ0) is 30.3. The molecule has 0 radical (unpaired) electrons. The second-order valence-electron chi connectivity index (χ2n) is 10.6. The number of ether oxygens (including phenoxy) is 1. The largest absolute Gasteiger partial charge is 0.497 e.